The van der Waals surface area contributed by atoms with E-state index >= 15 is 0 Å². The van der Waals surface area contributed by atoms with Crippen molar-refractivity contribution in [3.8, 4) is 5.69 Å². The van der Waals surface area contributed by atoms with E-state index in [-0.39, 0.29) is 11.8 Å². The number of rotatable bonds is 7. The van der Waals surface area contributed by atoms with Crippen molar-refractivity contribution in [3.05, 3.63) is 46.2 Å². The lowest BCUT2D eigenvalue weighted by molar-refractivity contribution is -0.140. The Kier molecular flexibility index (Phi) is 6.18. The number of carbonyl (C=O) groups is 1. The van der Waals surface area contributed by atoms with Gasteiger partial charge in [-0.2, -0.15) is 5.10 Å². The molecule has 2 N–H and O–H groups in total. The maximum absolute atomic E-state index is 11.4. The molecule has 2 aromatic rings. The first-order valence-corrected chi connectivity index (χ1v) is 8.89. The number of nitrogens with one attached hydrogen (secondary N) is 1. The van der Waals surface area contributed by atoms with Crippen LogP contribution >= 0.6 is 15.9 Å². The molecule has 0 aliphatic heterocycles. The summed E-state index contributed by atoms with van der Waals surface area (Å²) in [5, 5.41) is 17.2. The molecule has 1 atom stereocenters. The van der Waals surface area contributed by atoms with Crippen molar-refractivity contribution in [3.63, 3.8) is 0 Å². The molecular weight excluding hydrogens is 370 g/mol. The molecule has 2 rings (SSSR count). The summed E-state index contributed by atoms with van der Waals surface area (Å²) >= 11 is 3.43. The molecule has 24 heavy (non-hydrogen) atoms. The van der Waals surface area contributed by atoms with Crippen molar-refractivity contribution in [2.45, 2.75) is 46.2 Å². The van der Waals surface area contributed by atoms with Gasteiger partial charge in [-0.15, -0.1) is 0 Å². The third-order valence-electron chi connectivity index (χ3n) is 3.91. The van der Waals surface area contributed by atoms with Crippen LogP contribution < -0.4 is 5.32 Å². The number of hydrogen-bond acceptors (Lipinski definition) is 3. The lowest BCUT2D eigenvalue weighted by Crippen LogP contribution is -2.40. The first kappa shape index (κ1) is 18.7. The first-order chi connectivity index (χ1) is 11.3. The predicted molar refractivity (Wildman–Crippen MR) is 98.5 cm³/mol. The maximum atomic E-state index is 11.4. The molecule has 1 aromatic carbocycles. The molecule has 0 aliphatic rings. The molecule has 0 saturated heterocycles. The van der Waals surface area contributed by atoms with E-state index in [0.717, 1.165) is 21.4 Å². The van der Waals surface area contributed by atoms with Gasteiger partial charge in [0.15, 0.2) is 0 Å². The second-order valence-corrected chi connectivity index (χ2v) is 7.47. The molecule has 0 aliphatic carbocycles. The van der Waals surface area contributed by atoms with Crippen LogP contribution in [0.5, 0.6) is 0 Å². The van der Waals surface area contributed by atoms with Gasteiger partial charge < -0.3 is 5.11 Å². The van der Waals surface area contributed by atoms with E-state index < -0.39 is 12.0 Å². The van der Waals surface area contributed by atoms with E-state index in [1.807, 2.05) is 49.0 Å². The summed E-state index contributed by atoms with van der Waals surface area (Å²) in [6.07, 6.45) is 1.98. The van der Waals surface area contributed by atoms with E-state index in [1.54, 1.807) is 0 Å². The average Bonchev–Trinajstić information content (AvgIpc) is 2.92. The van der Waals surface area contributed by atoms with Crippen LogP contribution in [0.3, 0.4) is 0 Å². The van der Waals surface area contributed by atoms with Crippen molar-refractivity contribution in [1.29, 1.82) is 0 Å². The van der Waals surface area contributed by atoms with Gasteiger partial charge in [0.2, 0.25) is 0 Å². The fourth-order valence-electron chi connectivity index (χ4n) is 2.60. The molecule has 130 valence electrons. The molecule has 1 aromatic heterocycles. The number of carboxylic acids is 1. The van der Waals surface area contributed by atoms with Crippen molar-refractivity contribution in [2.75, 3.05) is 0 Å². The Balaban J connectivity index is 2.25. The zero-order chi connectivity index (χ0) is 17.9. The molecule has 0 amide bonds. The summed E-state index contributed by atoms with van der Waals surface area (Å²) in [5.74, 6) is -0.538. The third kappa shape index (κ3) is 4.45. The number of carboxylic acid groups (broad SMARTS) is 1. The lowest BCUT2D eigenvalue weighted by Gasteiger charge is -2.18. The van der Waals surface area contributed by atoms with Gasteiger partial charge in [-0.1, -0.05) is 43.6 Å². The van der Waals surface area contributed by atoms with Crippen molar-refractivity contribution in [1.82, 2.24) is 15.1 Å². The molecule has 0 unspecified atom stereocenters. The molecule has 1 heterocycles. The summed E-state index contributed by atoms with van der Waals surface area (Å²) < 4.78 is 2.87. The van der Waals surface area contributed by atoms with Gasteiger partial charge in [0.25, 0.3) is 0 Å². The minimum absolute atomic E-state index is 0.0199. The second-order valence-electron chi connectivity index (χ2n) is 6.56. The van der Waals surface area contributed by atoms with Crippen molar-refractivity contribution in [2.24, 2.45) is 5.92 Å². The van der Waals surface area contributed by atoms with Crippen LogP contribution in [0, 0.1) is 5.92 Å². The van der Waals surface area contributed by atoms with E-state index in [9.17, 15) is 9.90 Å². The Morgan fingerprint density at radius 3 is 2.38 bits per heavy atom. The lowest BCUT2D eigenvalue weighted by atomic mass is 10.0. The van der Waals surface area contributed by atoms with E-state index in [0.29, 0.717) is 6.54 Å². The molecule has 0 radical (unpaired) electrons. The summed E-state index contributed by atoms with van der Waals surface area (Å²) in [7, 11) is 0. The number of hydrogen-bond donors (Lipinski definition) is 2. The number of halogens is 1. The van der Waals surface area contributed by atoms with Gasteiger partial charge in [0.1, 0.15) is 6.04 Å². The monoisotopic (exact) mass is 393 g/mol. The standard InChI is InChI=1S/C18H24BrN3O2/c1-11(2)16-13(9-20-17(12(3)4)18(23)24)10-22(21-16)15-7-5-14(19)6-8-15/h5-8,10-12,17,20H,9H2,1-4H3,(H,23,24)/t17-/m0/s1. The minimum Gasteiger partial charge on any atom is -0.480 e. The Bertz CT molecular complexity index is 693. The molecule has 5 nitrogen and oxygen atoms in total. The van der Waals surface area contributed by atoms with E-state index in [1.165, 1.54) is 0 Å². The van der Waals surface area contributed by atoms with Crippen LogP contribution in [0.4, 0.5) is 0 Å². The number of aromatic nitrogens is 2. The van der Waals surface area contributed by atoms with Crippen molar-refractivity contribution >= 4 is 21.9 Å². The molecule has 0 fully saturated rings. The average molecular weight is 394 g/mol. The normalized spacial score (nSPS) is 12.8. The molecule has 0 bridgehead atoms. The highest BCUT2D eigenvalue weighted by molar-refractivity contribution is 9.10. The summed E-state index contributed by atoms with van der Waals surface area (Å²) in [4.78, 5) is 11.4. The minimum atomic E-state index is -0.823. The fraction of sp³-hybridized carbons (Fsp3) is 0.444. The maximum Gasteiger partial charge on any atom is 0.320 e. The van der Waals surface area contributed by atoms with Crippen LogP contribution in [0.15, 0.2) is 34.9 Å². The van der Waals surface area contributed by atoms with Gasteiger partial charge in [-0.05, 0) is 36.1 Å². The van der Waals surface area contributed by atoms with Crippen LogP contribution in [-0.2, 0) is 11.3 Å². The summed E-state index contributed by atoms with van der Waals surface area (Å²) in [5.41, 5.74) is 2.99. The predicted octanol–water partition coefficient (Wildman–Crippen LogP) is 3.96. The number of aliphatic carboxylic acids is 1. The van der Waals surface area contributed by atoms with E-state index in [2.05, 4.69) is 35.1 Å². The summed E-state index contributed by atoms with van der Waals surface area (Å²) in [6.45, 7) is 8.48. The third-order valence-corrected chi connectivity index (χ3v) is 4.43. The Hall–Kier alpha value is -1.66. The quantitative estimate of drug-likeness (QED) is 0.746. The molecule has 6 heteroatoms. The highest BCUT2D eigenvalue weighted by Gasteiger charge is 2.22. The van der Waals surface area contributed by atoms with E-state index in [4.69, 9.17) is 5.10 Å². The van der Waals surface area contributed by atoms with Crippen LogP contribution in [0.25, 0.3) is 5.69 Å². The largest absolute Gasteiger partial charge is 0.480 e. The Morgan fingerprint density at radius 1 is 1.25 bits per heavy atom. The van der Waals surface area contributed by atoms with Crippen LogP contribution in [0.1, 0.15) is 44.9 Å². The smallest absolute Gasteiger partial charge is 0.320 e. The highest BCUT2D eigenvalue weighted by Crippen LogP contribution is 2.21. The Labute approximate surface area is 151 Å². The molecule has 0 spiro atoms. The zero-order valence-electron chi connectivity index (χ0n) is 14.5. The number of benzene rings is 1. The van der Waals surface area contributed by atoms with Crippen LogP contribution in [0.2, 0.25) is 0 Å². The van der Waals surface area contributed by atoms with Crippen LogP contribution in [-0.4, -0.2) is 26.9 Å². The number of nitrogens with zero attached hydrogens (tertiary/aromatic N) is 2. The molecule has 0 saturated carbocycles. The molecular formula is C18H24BrN3O2. The fourth-order valence-corrected chi connectivity index (χ4v) is 2.86. The van der Waals surface area contributed by atoms with Gasteiger partial charge >= 0.3 is 5.97 Å². The SMILES string of the molecule is CC(C)c1nn(-c2ccc(Br)cc2)cc1CN[C@H](C(=O)O)C(C)C. The van der Waals surface area contributed by atoms with Gasteiger partial charge in [-0.25, -0.2) is 4.68 Å². The Morgan fingerprint density at radius 2 is 1.88 bits per heavy atom. The topological polar surface area (TPSA) is 67.2 Å². The second kappa shape index (κ2) is 7.94. The van der Waals surface area contributed by atoms with Crippen molar-refractivity contribution < 1.29 is 9.90 Å². The van der Waals surface area contributed by atoms with Gasteiger partial charge in [0.05, 0.1) is 11.4 Å². The zero-order valence-corrected chi connectivity index (χ0v) is 16.0. The van der Waals surface area contributed by atoms with Gasteiger partial charge in [-0.3, -0.25) is 10.1 Å². The van der Waals surface area contributed by atoms with Gasteiger partial charge in [0, 0.05) is 22.8 Å². The summed E-state index contributed by atoms with van der Waals surface area (Å²) in [6, 6.07) is 7.37. The highest BCUT2D eigenvalue weighted by atomic mass is 79.9. The first-order valence-electron chi connectivity index (χ1n) is 8.10.